The van der Waals surface area contributed by atoms with Crippen LogP contribution in [0.5, 0.6) is 0 Å². The molecule has 0 bridgehead atoms. The molecule has 2 heterocycles. The topological polar surface area (TPSA) is 80.9 Å². The average molecular weight is 278 g/mol. The molecular formula is C11H10N4OS2. The Morgan fingerprint density at radius 1 is 1.56 bits per heavy atom. The molecule has 0 saturated carbocycles. The number of carbonyl (C=O) groups is 1. The fourth-order valence-electron chi connectivity index (χ4n) is 1.25. The highest BCUT2D eigenvalue weighted by Gasteiger charge is 2.09. The Bertz CT molecular complexity index is 580. The molecular weight excluding hydrogens is 268 g/mol. The molecule has 7 heteroatoms. The number of amides is 1. The standard InChI is InChI=1S/C11H10N4OS2/c12-4-1-2-8-3-5-17-9(8)6-13-11(16)10-7-14-15-18-10/h3,5,7H,4,6,12H2,(H,13,16). The Morgan fingerprint density at radius 3 is 3.17 bits per heavy atom. The molecule has 2 aromatic heterocycles. The maximum Gasteiger partial charge on any atom is 0.264 e. The summed E-state index contributed by atoms with van der Waals surface area (Å²) in [5, 5.41) is 8.37. The molecule has 0 aliphatic heterocycles. The smallest absolute Gasteiger partial charge is 0.264 e. The molecule has 0 saturated heterocycles. The third kappa shape index (κ3) is 3.13. The highest BCUT2D eigenvalue weighted by molar-refractivity contribution is 7.10. The number of nitrogens with one attached hydrogen (secondary N) is 1. The van der Waals surface area contributed by atoms with Crippen LogP contribution in [0.4, 0.5) is 0 Å². The van der Waals surface area contributed by atoms with Crippen molar-refractivity contribution in [2.24, 2.45) is 5.73 Å². The lowest BCUT2D eigenvalue weighted by Crippen LogP contribution is -2.21. The van der Waals surface area contributed by atoms with Crippen LogP contribution in [0.2, 0.25) is 0 Å². The van der Waals surface area contributed by atoms with E-state index in [9.17, 15) is 4.79 Å². The first kappa shape index (κ1) is 12.7. The van der Waals surface area contributed by atoms with Crippen molar-refractivity contribution in [3.05, 3.63) is 33.0 Å². The largest absolute Gasteiger partial charge is 0.346 e. The molecule has 0 aliphatic carbocycles. The van der Waals surface area contributed by atoms with Crippen LogP contribution in [-0.2, 0) is 6.54 Å². The number of hydrogen-bond acceptors (Lipinski definition) is 6. The summed E-state index contributed by atoms with van der Waals surface area (Å²) in [4.78, 5) is 13.2. The zero-order valence-corrected chi connectivity index (χ0v) is 11.0. The first-order valence-corrected chi connectivity index (χ1v) is 6.77. The van der Waals surface area contributed by atoms with Gasteiger partial charge in [-0.15, -0.1) is 16.4 Å². The van der Waals surface area contributed by atoms with E-state index in [0.29, 0.717) is 18.0 Å². The Morgan fingerprint density at radius 2 is 2.44 bits per heavy atom. The van der Waals surface area contributed by atoms with E-state index in [1.165, 1.54) is 6.20 Å². The molecule has 0 aliphatic rings. The number of aromatic nitrogens is 2. The van der Waals surface area contributed by atoms with Crippen LogP contribution in [0.3, 0.4) is 0 Å². The molecule has 0 unspecified atom stereocenters. The SMILES string of the molecule is NCC#Cc1ccsc1CNC(=O)c1cnns1. The molecule has 0 spiro atoms. The number of carbonyl (C=O) groups excluding carboxylic acids is 1. The van der Waals surface area contributed by atoms with Gasteiger partial charge in [0.25, 0.3) is 5.91 Å². The minimum absolute atomic E-state index is 0.170. The second-order valence-electron chi connectivity index (χ2n) is 3.23. The summed E-state index contributed by atoms with van der Waals surface area (Å²) in [6, 6.07) is 1.92. The number of nitrogens with two attached hydrogens (primary N) is 1. The summed E-state index contributed by atoms with van der Waals surface area (Å²) in [5.74, 6) is 5.60. The molecule has 3 N–H and O–H groups in total. The Labute approximate surface area is 112 Å². The van der Waals surface area contributed by atoms with Crippen LogP contribution in [0.15, 0.2) is 17.6 Å². The van der Waals surface area contributed by atoms with Gasteiger partial charge in [-0.2, -0.15) is 0 Å². The highest BCUT2D eigenvalue weighted by atomic mass is 32.1. The van der Waals surface area contributed by atoms with Gasteiger partial charge in [0.05, 0.1) is 19.3 Å². The number of rotatable bonds is 3. The lowest BCUT2D eigenvalue weighted by molar-refractivity contribution is 0.0955. The highest BCUT2D eigenvalue weighted by Crippen LogP contribution is 2.15. The lowest BCUT2D eigenvalue weighted by atomic mass is 10.2. The van der Waals surface area contributed by atoms with Crippen molar-refractivity contribution in [3.8, 4) is 11.8 Å². The number of hydrogen-bond donors (Lipinski definition) is 2. The summed E-state index contributed by atoms with van der Waals surface area (Å²) in [7, 11) is 0. The molecule has 0 aromatic carbocycles. The third-order valence-electron chi connectivity index (χ3n) is 2.07. The van der Waals surface area contributed by atoms with Gasteiger partial charge in [-0.1, -0.05) is 16.3 Å². The first-order valence-electron chi connectivity index (χ1n) is 5.12. The summed E-state index contributed by atoms with van der Waals surface area (Å²) >= 11 is 2.63. The van der Waals surface area contributed by atoms with E-state index in [1.54, 1.807) is 11.3 Å². The van der Waals surface area contributed by atoms with E-state index in [-0.39, 0.29) is 5.91 Å². The van der Waals surface area contributed by atoms with E-state index < -0.39 is 0 Å². The predicted molar refractivity (Wildman–Crippen MR) is 71.3 cm³/mol. The molecule has 1 amide bonds. The van der Waals surface area contributed by atoms with Crippen LogP contribution in [-0.4, -0.2) is 22.0 Å². The van der Waals surface area contributed by atoms with Crippen molar-refractivity contribution in [2.75, 3.05) is 6.54 Å². The van der Waals surface area contributed by atoms with Crippen LogP contribution in [0, 0.1) is 11.8 Å². The minimum atomic E-state index is -0.170. The first-order chi connectivity index (χ1) is 8.81. The number of thiophene rings is 1. The van der Waals surface area contributed by atoms with Gasteiger partial charge in [0, 0.05) is 10.4 Å². The summed E-state index contributed by atoms with van der Waals surface area (Å²) in [6.07, 6.45) is 1.45. The molecule has 0 fully saturated rings. The van der Waals surface area contributed by atoms with Gasteiger partial charge < -0.3 is 11.1 Å². The Hall–Kier alpha value is -1.75. The van der Waals surface area contributed by atoms with E-state index >= 15 is 0 Å². The van der Waals surface area contributed by atoms with Gasteiger partial charge in [0.15, 0.2) is 0 Å². The van der Waals surface area contributed by atoms with Crippen molar-refractivity contribution in [2.45, 2.75) is 6.54 Å². The quantitative estimate of drug-likeness (QED) is 0.815. The van der Waals surface area contributed by atoms with Crippen LogP contribution >= 0.6 is 22.9 Å². The second-order valence-corrected chi connectivity index (χ2v) is 5.01. The molecule has 2 rings (SSSR count). The van der Waals surface area contributed by atoms with Crippen molar-refractivity contribution in [1.82, 2.24) is 14.9 Å². The summed E-state index contributed by atoms with van der Waals surface area (Å²) in [6.45, 7) is 0.775. The van der Waals surface area contributed by atoms with E-state index in [4.69, 9.17) is 5.73 Å². The van der Waals surface area contributed by atoms with Crippen LogP contribution < -0.4 is 11.1 Å². The van der Waals surface area contributed by atoms with E-state index in [0.717, 1.165) is 22.0 Å². The average Bonchev–Trinajstić information content (AvgIpc) is 3.04. The van der Waals surface area contributed by atoms with E-state index in [2.05, 4.69) is 26.7 Å². The molecule has 92 valence electrons. The fraction of sp³-hybridized carbons (Fsp3) is 0.182. The molecule has 0 atom stereocenters. The fourth-order valence-corrected chi connectivity index (χ4v) is 2.45. The zero-order valence-electron chi connectivity index (χ0n) is 9.34. The third-order valence-corrected chi connectivity index (χ3v) is 3.65. The van der Waals surface area contributed by atoms with Gasteiger partial charge in [-0.05, 0) is 23.0 Å². The van der Waals surface area contributed by atoms with Gasteiger partial charge in [0.2, 0.25) is 0 Å². The van der Waals surface area contributed by atoms with Crippen molar-refractivity contribution in [3.63, 3.8) is 0 Å². The van der Waals surface area contributed by atoms with Gasteiger partial charge >= 0.3 is 0 Å². The maximum absolute atomic E-state index is 11.7. The molecule has 0 radical (unpaired) electrons. The van der Waals surface area contributed by atoms with Gasteiger partial charge in [-0.3, -0.25) is 4.79 Å². The van der Waals surface area contributed by atoms with Crippen LogP contribution in [0.1, 0.15) is 20.1 Å². The zero-order chi connectivity index (χ0) is 12.8. The molecule has 18 heavy (non-hydrogen) atoms. The monoisotopic (exact) mass is 278 g/mol. The minimum Gasteiger partial charge on any atom is -0.346 e. The summed E-state index contributed by atoms with van der Waals surface area (Å²) < 4.78 is 3.64. The van der Waals surface area contributed by atoms with Crippen LogP contribution in [0.25, 0.3) is 0 Å². The predicted octanol–water partition coefficient (Wildman–Crippen LogP) is 0.840. The summed E-state index contributed by atoms with van der Waals surface area (Å²) in [5.41, 5.74) is 6.24. The van der Waals surface area contributed by atoms with Gasteiger partial charge in [0.1, 0.15) is 4.88 Å². The van der Waals surface area contributed by atoms with Gasteiger partial charge in [-0.25, -0.2) is 0 Å². The molecule has 5 nitrogen and oxygen atoms in total. The lowest BCUT2D eigenvalue weighted by Gasteiger charge is -2.01. The van der Waals surface area contributed by atoms with Crippen molar-refractivity contribution in [1.29, 1.82) is 0 Å². The number of nitrogens with zero attached hydrogens (tertiary/aromatic N) is 2. The van der Waals surface area contributed by atoms with E-state index in [1.807, 2.05) is 11.4 Å². The Balaban J connectivity index is 1.98. The Kier molecular flexibility index (Phi) is 4.41. The second kappa shape index (κ2) is 6.26. The van der Waals surface area contributed by atoms with Crippen molar-refractivity contribution < 1.29 is 4.79 Å². The maximum atomic E-state index is 11.7. The van der Waals surface area contributed by atoms with Crippen molar-refractivity contribution >= 4 is 28.8 Å². The molecule has 2 aromatic rings. The normalized spacial score (nSPS) is 9.61.